The van der Waals surface area contributed by atoms with Gasteiger partial charge in [-0.05, 0) is 31.8 Å². The molecule has 2 rings (SSSR count). The third-order valence-electron chi connectivity index (χ3n) is 3.28. The highest BCUT2D eigenvalue weighted by molar-refractivity contribution is 5.84. The van der Waals surface area contributed by atoms with Gasteiger partial charge in [0.15, 0.2) is 0 Å². The molecular formula is C15H22N4. The first-order chi connectivity index (χ1) is 9.11. The molecule has 4 heteroatoms. The molecule has 0 bridgehead atoms. The van der Waals surface area contributed by atoms with E-state index in [4.69, 9.17) is 10.7 Å². The minimum absolute atomic E-state index is 0.539. The Bertz CT molecular complexity index is 551. The number of likely N-dealkylation sites (N-methyl/N-ethyl adjacent to an activating group) is 2. The number of hydrogen-bond acceptors (Lipinski definition) is 4. The van der Waals surface area contributed by atoms with Crippen molar-refractivity contribution < 1.29 is 0 Å². The van der Waals surface area contributed by atoms with Crippen LogP contribution >= 0.6 is 0 Å². The zero-order chi connectivity index (χ0) is 13.8. The summed E-state index contributed by atoms with van der Waals surface area (Å²) in [4.78, 5) is 9.05. The molecule has 0 aliphatic heterocycles. The summed E-state index contributed by atoms with van der Waals surface area (Å²) < 4.78 is 0. The van der Waals surface area contributed by atoms with Crippen LogP contribution in [0.1, 0.15) is 5.56 Å². The van der Waals surface area contributed by atoms with E-state index in [0.717, 1.165) is 35.4 Å². The molecule has 0 spiro atoms. The van der Waals surface area contributed by atoms with E-state index in [1.807, 2.05) is 18.2 Å². The van der Waals surface area contributed by atoms with Gasteiger partial charge in [-0.2, -0.15) is 0 Å². The van der Waals surface area contributed by atoms with Crippen LogP contribution in [0.25, 0.3) is 10.9 Å². The molecule has 102 valence electrons. The van der Waals surface area contributed by atoms with Crippen LogP contribution in [-0.4, -0.2) is 44.1 Å². The molecule has 2 N–H and O–H groups in total. The van der Waals surface area contributed by atoms with Crippen molar-refractivity contribution in [3.8, 4) is 0 Å². The number of hydrogen-bond donors (Lipinski definition) is 1. The van der Waals surface area contributed by atoms with E-state index in [1.165, 1.54) is 0 Å². The minimum atomic E-state index is 0.539. The summed E-state index contributed by atoms with van der Waals surface area (Å²) >= 11 is 0. The Balaban J connectivity index is 2.33. The quantitative estimate of drug-likeness (QED) is 0.886. The predicted molar refractivity (Wildman–Crippen MR) is 81.5 cm³/mol. The highest BCUT2D eigenvalue weighted by Crippen LogP contribution is 2.22. The predicted octanol–water partition coefficient (Wildman–Crippen LogP) is 1.69. The number of aromatic nitrogens is 1. The number of para-hydroxylation sites is 1. The molecule has 0 saturated heterocycles. The number of rotatable bonds is 5. The number of fused-ring (bicyclic) bond motifs is 1. The highest BCUT2D eigenvalue weighted by atomic mass is 15.2. The van der Waals surface area contributed by atoms with Crippen LogP contribution in [-0.2, 0) is 6.54 Å². The molecule has 0 fully saturated rings. The van der Waals surface area contributed by atoms with Crippen molar-refractivity contribution in [1.82, 2.24) is 9.88 Å². The lowest BCUT2D eigenvalue weighted by molar-refractivity contribution is 0.416. The molecule has 0 unspecified atom stereocenters. The van der Waals surface area contributed by atoms with Gasteiger partial charge in [-0.3, -0.25) is 0 Å². The second kappa shape index (κ2) is 5.99. The topological polar surface area (TPSA) is 45.4 Å². The van der Waals surface area contributed by atoms with E-state index >= 15 is 0 Å². The second-order valence-corrected chi connectivity index (χ2v) is 5.09. The molecular weight excluding hydrogens is 236 g/mol. The summed E-state index contributed by atoms with van der Waals surface area (Å²) in [5.41, 5.74) is 8.01. The van der Waals surface area contributed by atoms with Gasteiger partial charge in [0.1, 0.15) is 5.82 Å². The number of pyridine rings is 1. The first-order valence-electron chi connectivity index (χ1n) is 6.56. The number of benzene rings is 1. The molecule has 0 radical (unpaired) electrons. The summed E-state index contributed by atoms with van der Waals surface area (Å²) in [7, 11) is 6.22. The van der Waals surface area contributed by atoms with Crippen LogP contribution in [0.2, 0.25) is 0 Å². The molecule has 19 heavy (non-hydrogen) atoms. The Labute approximate surface area is 114 Å². The summed E-state index contributed by atoms with van der Waals surface area (Å²) in [6.45, 7) is 2.49. The van der Waals surface area contributed by atoms with Gasteiger partial charge in [0.25, 0.3) is 0 Å². The lowest BCUT2D eigenvalue weighted by Gasteiger charge is -2.21. The van der Waals surface area contributed by atoms with Gasteiger partial charge in [0, 0.05) is 32.1 Å². The Morgan fingerprint density at radius 1 is 1.11 bits per heavy atom. The Morgan fingerprint density at radius 2 is 1.84 bits per heavy atom. The molecule has 0 atom stereocenters. The van der Waals surface area contributed by atoms with Gasteiger partial charge < -0.3 is 15.5 Å². The Kier molecular flexibility index (Phi) is 4.35. The van der Waals surface area contributed by atoms with E-state index in [1.54, 1.807) is 0 Å². The second-order valence-electron chi connectivity index (χ2n) is 5.09. The van der Waals surface area contributed by atoms with Crippen molar-refractivity contribution in [3.05, 3.63) is 35.9 Å². The largest absolute Gasteiger partial charge is 0.358 e. The van der Waals surface area contributed by atoms with E-state index in [0.29, 0.717) is 6.54 Å². The van der Waals surface area contributed by atoms with E-state index in [2.05, 4.69) is 43.1 Å². The lowest BCUT2D eigenvalue weighted by Crippen LogP contribution is -2.29. The van der Waals surface area contributed by atoms with Gasteiger partial charge in [0.2, 0.25) is 0 Å². The Hall–Kier alpha value is -1.65. The van der Waals surface area contributed by atoms with Crippen LogP contribution < -0.4 is 10.6 Å². The number of nitrogens with zero attached hydrogens (tertiary/aromatic N) is 3. The molecule has 0 aliphatic rings. The standard InChI is InChI=1S/C15H22N4/c1-18(2)8-9-19(3)15-10-12(11-16)13-6-4-5-7-14(13)17-15/h4-7,10H,8-9,11,16H2,1-3H3. The minimum Gasteiger partial charge on any atom is -0.358 e. The van der Waals surface area contributed by atoms with Crippen LogP contribution in [0.5, 0.6) is 0 Å². The van der Waals surface area contributed by atoms with Gasteiger partial charge in [-0.15, -0.1) is 0 Å². The number of anilines is 1. The maximum Gasteiger partial charge on any atom is 0.129 e. The summed E-state index contributed by atoms with van der Waals surface area (Å²) in [6.07, 6.45) is 0. The average molecular weight is 258 g/mol. The first-order valence-corrected chi connectivity index (χ1v) is 6.56. The van der Waals surface area contributed by atoms with Gasteiger partial charge in [0.05, 0.1) is 5.52 Å². The van der Waals surface area contributed by atoms with Crippen molar-refractivity contribution in [2.45, 2.75) is 6.54 Å². The monoisotopic (exact) mass is 258 g/mol. The maximum atomic E-state index is 5.85. The summed E-state index contributed by atoms with van der Waals surface area (Å²) in [5, 5.41) is 1.15. The van der Waals surface area contributed by atoms with Crippen molar-refractivity contribution in [3.63, 3.8) is 0 Å². The molecule has 0 amide bonds. The summed E-state index contributed by atoms with van der Waals surface area (Å²) in [5.74, 6) is 0.987. The van der Waals surface area contributed by atoms with E-state index < -0.39 is 0 Å². The van der Waals surface area contributed by atoms with Crippen molar-refractivity contribution in [2.75, 3.05) is 39.1 Å². The molecule has 2 aromatic rings. The molecule has 1 aromatic carbocycles. The van der Waals surface area contributed by atoms with Crippen molar-refractivity contribution >= 4 is 16.7 Å². The molecule has 0 aliphatic carbocycles. The van der Waals surface area contributed by atoms with Crippen LogP contribution in [0.15, 0.2) is 30.3 Å². The molecule has 0 saturated carbocycles. The molecule has 4 nitrogen and oxygen atoms in total. The lowest BCUT2D eigenvalue weighted by atomic mass is 10.1. The first kappa shape index (κ1) is 13.8. The normalized spacial score (nSPS) is 11.2. The zero-order valence-electron chi connectivity index (χ0n) is 11.9. The van der Waals surface area contributed by atoms with Crippen molar-refractivity contribution in [2.24, 2.45) is 5.73 Å². The third kappa shape index (κ3) is 3.22. The van der Waals surface area contributed by atoms with Crippen molar-refractivity contribution in [1.29, 1.82) is 0 Å². The smallest absolute Gasteiger partial charge is 0.129 e. The fourth-order valence-electron chi connectivity index (χ4n) is 2.06. The van der Waals surface area contributed by atoms with Crippen LogP contribution in [0.4, 0.5) is 5.82 Å². The van der Waals surface area contributed by atoms with E-state index in [9.17, 15) is 0 Å². The number of nitrogens with two attached hydrogens (primary N) is 1. The SMILES string of the molecule is CN(C)CCN(C)c1cc(CN)c2ccccc2n1. The third-order valence-corrected chi connectivity index (χ3v) is 3.28. The average Bonchev–Trinajstić information content (AvgIpc) is 2.43. The molecule has 1 heterocycles. The van der Waals surface area contributed by atoms with Gasteiger partial charge in [-0.25, -0.2) is 4.98 Å². The van der Waals surface area contributed by atoms with Crippen LogP contribution in [0.3, 0.4) is 0 Å². The fourth-order valence-corrected chi connectivity index (χ4v) is 2.06. The maximum absolute atomic E-state index is 5.85. The summed E-state index contributed by atoms with van der Waals surface area (Å²) in [6, 6.07) is 10.3. The molecule has 1 aromatic heterocycles. The Morgan fingerprint density at radius 3 is 2.53 bits per heavy atom. The van der Waals surface area contributed by atoms with Crippen LogP contribution in [0, 0.1) is 0 Å². The van der Waals surface area contributed by atoms with Gasteiger partial charge in [-0.1, -0.05) is 18.2 Å². The highest BCUT2D eigenvalue weighted by Gasteiger charge is 2.08. The van der Waals surface area contributed by atoms with E-state index in [-0.39, 0.29) is 0 Å². The fraction of sp³-hybridized carbons (Fsp3) is 0.400. The van der Waals surface area contributed by atoms with Gasteiger partial charge >= 0.3 is 0 Å². The zero-order valence-corrected chi connectivity index (χ0v) is 11.9.